The van der Waals surface area contributed by atoms with Crippen molar-refractivity contribution in [3.8, 4) is 0 Å². The number of rotatable bonds is 7. The first-order chi connectivity index (χ1) is 7.39. The third-order valence-corrected chi connectivity index (χ3v) is 1.71. The number of hydrogen-bond donors (Lipinski definition) is 2. The Morgan fingerprint density at radius 1 is 1.56 bits per heavy atom. The van der Waals surface area contributed by atoms with Gasteiger partial charge in [0, 0.05) is 12.6 Å². The first-order valence-electron chi connectivity index (χ1n) is 5.25. The Kier molecular flexibility index (Phi) is 7.00. The largest absolute Gasteiger partial charge is 0.460 e. The van der Waals surface area contributed by atoms with Crippen molar-refractivity contribution in [2.45, 2.75) is 45.3 Å². The molecule has 0 heterocycles. The molecule has 0 aliphatic heterocycles. The van der Waals surface area contributed by atoms with E-state index < -0.39 is 5.60 Å². The third kappa shape index (κ3) is 8.43. The summed E-state index contributed by atoms with van der Waals surface area (Å²) in [6.07, 6.45) is 1.12. The van der Waals surface area contributed by atoms with E-state index in [2.05, 4.69) is 5.23 Å². The summed E-state index contributed by atoms with van der Waals surface area (Å²) in [7, 11) is 1.21. The number of esters is 1. The second-order valence-corrected chi connectivity index (χ2v) is 4.47. The number of nitrogens with one attached hydrogen (secondary N) is 1. The molecular weight excluding hydrogens is 209 g/mol. The van der Waals surface area contributed by atoms with E-state index in [0.29, 0.717) is 12.6 Å². The molecule has 0 bridgehead atoms. The molecule has 0 aromatic rings. The first-order valence-corrected chi connectivity index (χ1v) is 5.25. The average Bonchev–Trinajstić information content (AvgIpc) is 2.11. The van der Waals surface area contributed by atoms with Gasteiger partial charge in [-0.15, -0.1) is 0 Å². The Labute approximate surface area is 96.8 Å². The molecular formula is C10H19BNO4. The summed E-state index contributed by atoms with van der Waals surface area (Å²) in [5.74, 6) is -0.349. The van der Waals surface area contributed by atoms with Gasteiger partial charge >= 0.3 is 5.97 Å². The van der Waals surface area contributed by atoms with Crippen LogP contribution in [0.25, 0.3) is 0 Å². The highest BCUT2D eigenvalue weighted by molar-refractivity contribution is 6.64. The van der Waals surface area contributed by atoms with Crippen molar-refractivity contribution in [3.05, 3.63) is 0 Å². The lowest BCUT2D eigenvalue weighted by Crippen LogP contribution is -2.37. The minimum Gasteiger partial charge on any atom is -0.460 e. The van der Waals surface area contributed by atoms with Gasteiger partial charge in [-0.3, -0.25) is 4.79 Å². The van der Waals surface area contributed by atoms with Crippen molar-refractivity contribution in [2.24, 2.45) is 0 Å². The average molecular weight is 228 g/mol. The lowest BCUT2D eigenvalue weighted by Gasteiger charge is -2.22. The van der Waals surface area contributed by atoms with Gasteiger partial charge in [-0.25, -0.2) is 0 Å². The van der Waals surface area contributed by atoms with Crippen LogP contribution in [0.5, 0.6) is 0 Å². The lowest BCUT2D eigenvalue weighted by atomic mass is 9.94. The SMILES string of the molecule is CC(C)(C)OC(=O)C[C@H](CCO)N[B]C=O. The Morgan fingerprint density at radius 2 is 2.19 bits per heavy atom. The van der Waals surface area contributed by atoms with Gasteiger partial charge in [0.25, 0.3) is 7.41 Å². The molecule has 2 N–H and O–H groups in total. The van der Waals surface area contributed by atoms with Gasteiger partial charge in [0.05, 0.1) is 12.6 Å². The molecule has 0 aromatic carbocycles. The molecule has 0 unspecified atom stereocenters. The third-order valence-electron chi connectivity index (χ3n) is 1.71. The molecule has 16 heavy (non-hydrogen) atoms. The second kappa shape index (κ2) is 7.41. The first kappa shape index (κ1) is 15.1. The number of aliphatic hydroxyl groups excluding tert-OH is 1. The molecule has 5 nitrogen and oxygen atoms in total. The van der Waals surface area contributed by atoms with Crippen molar-refractivity contribution >= 4 is 19.6 Å². The predicted octanol–water partition coefficient (Wildman–Crippen LogP) is -0.132. The summed E-state index contributed by atoms with van der Waals surface area (Å²) in [5, 5.41) is 11.5. The molecule has 6 heteroatoms. The lowest BCUT2D eigenvalue weighted by molar-refractivity contribution is -0.155. The molecule has 0 spiro atoms. The molecule has 0 aliphatic carbocycles. The number of aliphatic hydroxyl groups is 1. The van der Waals surface area contributed by atoms with Crippen molar-refractivity contribution in [1.82, 2.24) is 5.23 Å². The van der Waals surface area contributed by atoms with Crippen LogP contribution in [0.2, 0.25) is 0 Å². The summed E-state index contributed by atoms with van der Waals surface area (Å²) >= 11 is 0. The highest BCUT2D eigenvalue weighted by Gasteiger charge is 2.19. The van der Waals surface area contributed by atoms with Gasteiger partial charge in [0.15, 0.2) is 0 Å². The van der Waals surface area contributed by atoms with Crippen LogP contribution in [-0.4, -0.2) is 42.9 Å². The summed E-state index contributed by atoms with van der Waals surface area (Å²) in [6, 6.07) is -0.273. The molecule has 0 saturated heterocycles. The summed E-state index contributed by atoms with van der Waals surface area (Å²) in [6.45, 7) is 5.32. The molecule has 0 fully saturated rings. The van der Waals surface area contributed by atoms with Crippen molar-refractivity contribution < 1.29 is 19.4 Å². The van der Waals surface area contributed by atoms with Crippen LogP contribution in [-0.2, 0) is 14.3 Å². The topological polar surface area (TPSA) is 75.6 Å². The standard InChI is InChI=1S/C10H19BNO4/c1-10(2,3)16-9(15)6-8(4-5-13)12-11-7-14/h7-8,12-13H,4-6H2,1-3H3/t8-/m0/s1. The molecule has 91 valence electrons. The zero-order chi connectivity index (χ0) is 12.6. The van der Waals surface area contributed by atoms with Gasteiger partial charge in [0.1, 0.15) is 5.60 Å². The number of hydrogen-bond acceptors (Lipinski definition) is 5. The van der Waals surface area contributed by atoms with Crippen LogP contribution < -0.4 is 5.23 Å². The van der Waals surface area contributed by atoms with Crippen molar-refractivity contribution in [2.75, 3.05) is 6.61 Å². The fraction of sp³-hybridized carbons (Fsp3) is 0.800. The van der Waals surface area contributed by atoms with Crippen LogP contribution in [0.4, 0.5) is 0 Å². The smallest absolute Gasteiger partial charge is 0.307 e. The van der Waals surface area contributed by atoms with E-state index >= 15 is 0 Å². The van der Waals surface area contributed by atoms with E-state index in [1.54, 1.807) is 20.8 Å². The summed E-state index contributed by atoms with van der Waals surface area (Å²) < 4.78 is 5.13. The Balaban J connectivity index is 4.06. The predicted molar refractivity (Wildman–Crippen MR) is 61.6 cm³/mol. The highest BCUT2D eigenvalue weighted by Crippen LogP contribution is 2.10. The summed E-state index contributed by atoms with van der Waals surface area (Å²) in [5.41, 5.74) is -0.519. The second-order valence-electron chi connectivity index (χ2n) is 4.47. The van der Waals surface area contributed by atoms with Gasteiger partial charge in [-0.05, 0) is 27.2 Å². The minimum atomic E-state index is -0.519. The molecule has 0 aromatic heterocycles. The van der Waals surface area contributed by atoms with Gasteiger partial charge < -0.3 is 19.9 Å². The Morgan fingerprint density at radius 3 is 2.62 bits per heavy atom. The number of ether oxygens (including phenoxy) is 1. The van der Waals surface area contributed by atoms with E-state index in [1.165, 1.54) is 7.41 Å². The van der Waals surface area contributed by atoms with Gasteiger partial charge in [0.2, 0.25) is 0 Å². The van der Waals surface area contributed by atoms with Crippen molar-refractivity contribution in [3.63, 3.8) is 0 Å². The fourth-order valence-electron chi connectivity index (χ4n) is 1.16. The molecule has 0 rings (SSSR count). The molecule has 0 aliphatic rings. The Hall–Kier alpha value is -0.875. The van der Waals surface area contributed by atoms with Crippen LogP contribution in [0.15, 0.2) is 0 Å². The van der Waals surface area contributed by atoms with Crippen LogP contribution in [0.3, 0.4) is 0 Å². The molecule has 0 saturated carbocycles. The van der Waals surface area contributed by atoms with Crippen molar-refractivity contribution in [1.29, 1.82) is 0 Å². The highest BCUT2D eigenvalue weighted by atomic mass is 16.6. The van der Waals surface area contributed by atoms with E-state index in [4.69, 9.17) is 9.84 Å². The molecule has 1 atom stereocenters. The van der Waals surface area contributed by atoms with Crippen LogP contribution in [0.1, 0.15) is 33.6 Å². The number of carbonyl (C=O) groups excluding carboxylic acids is 2. The maximum absolute atomic E-state index is 11.5. The van der Waals surface area contributed by atoms with E-state index in [-0.39, 0.29) is 25.0 Å². The quantitative estimate of drug-likeness (QED) is 0.360. The zero-order valence-corrected chi connectivity index (χ0v) is 10.0. The van der Waals surface area contributed by atoms with E-state index in [9.17, 15) is 9.59 Å². The summed E-state index contributed by atoms with van der Waals surface area (Å²) in [4.78, 5) is 21.6. The van der Waals surface area contributed by atoms with Gasteiger partial charge in [-0.1, -0.05) is 0 Å². The molecule has 0 amide bonds. The fourth-order valence-corrected chi connectivity index (χ4v) is 1.16. The minimum absolute atomic E-state index is 0.0485. The normalized spacial score (nSPS) is 13.0. The molecule has 1 radical (unpaired) electrons. The zero-order valence-electron chi connectivity index (χ0n) is 10.0. The maximum Gasteiger partial charge on any atom is 0.307 e. The van der Waals surface area contributed by atoms with Crippen LogP contribution in [0, 0.1) is 0 Å². The number of carbonyl (C=O) groups is 2. The Bertz CT molecular complexity index is 227. The van der Waals surface area contributed by atoms with E-state index in [0.717, 1.165) is 0 Å². The monoisotopic (exact) mass is 228 g/mol. The van der Waals surface area contributed by atoms with E-state index in [1.807, 2.05) is 0 Å². The van der Waals surface area contributed by atoms with Crippen LogP contribution >= 0.6 is 0 Å². The maximum atomic E-state index is 11.5. The van der Waals surface area contributed by atoms with Gasteiger partial charge in [-0.2, -0.15) is 0 Å².